The second kappa shape index (κ2) is 10.7. The third-order valence-corrected chi connectivity index (χ3v) is 4.96. The molecule has 2 aromatic rings. The Balaban J connectivity index is 1.84. The topological polar surface area (TPSA) is 131 Å². The number of aromatic carboxylic acids is 1. The molecule has 10 nitrogen and oxygen atoms in total. The van der Waals surface area contributed by atoms with Crippen LogP contribution in [0.15, 0.2) is 42.1 Å². The van der Waals surface area contributed by atoms with Crippen molar-refractivity contribution in [1.29, 1.82) is 0 Å². The lowest BCUT2D eigenvalue weighted by molar-refractivity contribution is -0.143. The van der Waals surface area contributed by atoms with Crippen LogP contribution < -0.4 is 14.8 Å². The maximum Gasteiger partial charge on any atom is 0.335 e. The molecule has 0 spiro atoms. The molecule has 1 fully saturated rings. The van der Waals surface area contributed by atoms with Gasteiger partial charge in [0.1, 0.15) is 18.8 Å². The molecule has 0 aromatic heterocycles. The van der Waals surface area contributed by atoms with E-state index in [0.29, 0.717) is 23.5 Å². The Bertz CT molecular complexity index is 1180. The fourth-order valence-corrected chi connectivity index (χ4v) is 3.37. The third kappa shape index (κ3) is 5.65. The first-order valence-electron chi connectivity index (χ1n) is 10.1. The molecule has 0 unspecified atom stereocenters. The number of rotatable bonds is 9. The van der Waals surface area contributed by atoms with Crippen LogP contribution in [0.3, 0.4) is 0 Å². The summed E-state index contributed by atoms with van der Waals surface area (Å²) in [6, 6.07) is 8.64. The number of carbonyl (C=O) groups is 4. The molecule has 0 atom stereocenters. The van der Waals surface area contributed by atoms with Crippen molar-refractivity contribution in [1.82, 2.24) is 10.2 Å². The van der Waals surface area contributed by atoms with Crippen LogP contribution in [0, 0.1) is 0 Å². The zero-order chi connectivity index (χ0) is 24.8. The van der Waals surface area contributed by atoms with Crippen LogP contribution in [-0.2, 0) is 20.9 Å². The Hall–Kier alpha value is -4.05. The summed E-state index contributed by atoms with van der Waals surface area (Å²) in [4.78, 5) is 47.9. The van der Waals surface area contributed by atoms with Gasteiger partial charge >= 0.3 is 18.0 Å². The molecular weight excluding hydrogens is 468 g/mol. The van der Waals surface area contributed by atoms with Gasteiger partial charge in [0.25, 0.3) is 5.91 Å². The quantitative estimate of drug-likeness (QED) is 0.313. The van der Waals surface area contributed by atoms with Crippen molar-refractivity contribution in [3.8, 4) is 11.5 Å². The number of imide groups is 1. The second-order valence-corrected chi connectivity index (χ2v) is 7.42. The van der Waals surface area contributed by atoms with E-state index in [2.05, 4.69) is 10.1 Å². The molecule has 178 valence electrons. The largest absolute Gasteiger partial charge is 0.490 e. The molecule has 3 rings (SSSR count). The van der Waals surface area contributed by atoms with Crippen molar-refractivity contribution in [2.24, 2.45) is 0 Å². The van der Waals surface area contributed by atoms with Crippen LogP contribution in [0.1, 0.15) is 28.4 Å². The lowest BCUT2D eigenvalue weighted by atomic mass is 10.1. The van der Waals surface area contributed by atoms with Gasteiger partial charge in [-0.1, -0.05) is 23.7 Å². The Morgan fingerprint density at radius 1 is 1.18 bits per heavy atom. The van der Waals surface area contributed by atoms with E-state index in [-0.39, 0.29) is 28.6 Å². The van der Waals surface area contributed by atoms with Gasteiger partial charge in [0.05, 0.1) is 24.3 Å². The fourth-order valence-electron chi connectivity index (χ4n) is 3.10. The number of hydrogen-bond acceptors (Lipinski definition) is 7. The fraction of sp³-hybridized carbons (Fsp3) is 0.217. The van der Waals surface area contributed by atoms with Crippen LogP contribution in [0.5, 0.6) is 11.5 Å². The molecular formula is C23H21ClN2O8. The molecule has 1 saturated heterocycles. The first-order valence-corrected chi connectivity index (χ1v) is 10.4. The SMILES string of the molecule is CCOc1cc(/C=C2/NC(=O)N(CC(=O)OC)C2=O)cc(Cl)c1OCc1cccc(C(=O)O)c1. The highest BCUT2D eigenvalue weighted by atomic mass is 35.5. The summed E-state index contributed by atoms with van der Waals surface area (Å²) in [5.41, 5.74) is 1.14. The van der Waals surface area contributed by atoms with E-state index in [1.54, 1.807) is 25.1 Å². The number of hydrogen-bond donors (Lipinski definition) is 2. The van der Waals surface area contributed by atoms with E-state index >= 15 is 0 Å². The number of benzene rings is 2. The minimum absolute atomic E-state index is 0.0401. The number of carboxylic acid groups (broad SMARTS) is 1. The minimum Gasteiger partial charge on any atom is -0.490 e. The average molecular weight is 489 g/mol. The molecule has 2 aromatic carbocycles. The van der Waals surface area contributed by atoms with Gasteiger partial charge in [0.2, 0.25) is 0 Å². The van der Waals surface area contributed by atoms with Gasteiger partial charge in [0.15, 0.2) is 11.5 Å². The van der Waals surface area contributed by atoms with Crippen molar-refractivity contribution in [2.75, 3.05) is 20.3 Å². The molecule has 0 saturated carbocycles. The predicted molar refractivity (Wildman–Crippen MR) is 121 cm³/mol. The number of urea groups is 1. The number of nitrogens with zero attached hydrogens (tertiary/aromatic N) is 1. The molecule has 34 heavy (non-hydrogen) atoms. The van der Waals surface area contributed by atoms with Gasteiger partial charge in [-0.2, -0.15) is 0 Å². The molecule has 1 aliphatic heterocycles. The van der Waals surface area contributed by atoms with E-state index in [9.17, 15) is 19.2 Å². The van der Waals surface area contributed by atoms with E-state index in [1.165, 1.54) is 24.3 Å². The molecule has 2 N–H and O–H groups in total. The van der Waals surface area contributed by atoms with Crippen molar-refractivity contribution in [3.63, 3.8) is 0 Å². The van der Waals surface area contributed by atoms with E-state index in [4.69, 9.17) is 26.2 Å². The summed E-state index contributed by atoms with van der Waals surface area (Å²) < 4.78 is 15.9. The molecule has 3 amide bonds. The van der Waals surface area contributed by atoms with Crippen LogP contribution >= 0.6 is 11.6 Å². The Labute approximate surface area is 199 Å². The lowest BCUT2D eigenvalue weighted by Gasteiger charge is -2.15. The van der Waals surface area contributed by atoms with Gasteiger partial charge in [-0.3, -0.25) is 9.59 Å². The Kier molecular flexibility index (Phi) is 7.75. The maximum absolute atomic E-state index is 12.5. The molecule has 1 aliphatic rings. The van der Waals surface area contributed by atoms with Gasteiger partial charge in [0, 0.05) is 0 Å². The smallest absolute Gasteiger partial charge is 0.335 e. The molecule has 11 heteroatoms. The monoisotopic (exact) mass is 488 g/mol. The van der Waals surface area contributed by atoms with E-state index in [0.717, 1.165) is 12.0 Å². The van der Waals surface area contributed by atoms with Crippen LogP contribution in [0.2, 0.25) is 5.02 Å². The van der Waals surface area contributed by atoms with Crippen molar-refractivity contribution < 1.29 is 38.5 Å². The minimum atomic E-state index is -1.05. The number of esters is 1. The first kappa shape index (κ1) is 24.6. The molecule has 0 aliphatic carbocycles. The summed E-state index contributed by atoms with van der Waals surface area (Å²) in [5, 5.41) is 11.7. The van der Waals surface area contributed by atoms with Crippen molar-refractivity contribution in [3.05, 3.63) is 63.8 Å². The molecule has 0 radical (unpaired) electrons. The summed E-state index contributed by atoms with van der Waals surface area (Å²) >= 11 is 6.41. The third-order valence-electron chi connectivity index (χ3n) is 4.68. The van der Waals surface area contributed by atoms with Crippen molar-refractivity contribution >= 4 is 41.6 Å². The van der Waals surface area contributed by atoms with Crippen LogP contribution in [-0.4, -0.2) is 54.1 Å². The van der Waals surface area contributed by atoms with Gasteiger partial charge in [-0.25, -0.2) is 14.5 Å². The summed E-state index contributed by atoms with van der Waals surface area (Å²) in [7, 11) is 1.15. The van der Waals surface area contributed by atoms with E-state index < -0.39 is 30.4 Å². The number of ether oxygens (including phenoxy) is 3. The summed E-state index contributed by atoms with van der Waals surface area (Å²) in [6.45, 7) is 1.59. The Morgan fingerprint density at radius 2 is 1.94 bits per heavy atom. The number of halogens is 1. The maximum atomic E-state index is 12.5. The summed E-state index contributed by atoms with van der Waals surface area (Å²) in [6.07, 6.45) is 1.39. The highest BCUT2D eigenvalue weighted by molar-refractivity contribution is 6.32. The van der Waals surface area contributed by atoms with Crippen LogP contribution in [0.4, 0.5) is 4.79 Å². The normalized spacial score (nSPS) is 14.2. The zero-order valence-electron chi connectivity index (χ0n) is 18.3. The van der Waals surface area contributed by atoms with Gasteiger partial charge in [-0.05, 0) is 48.4 Å². The lowest BCUT2D eigenvalue weighted by Crippen LogP contribution is -2.36. The number of carbonyl (C=O) groups excluding carboxylic acids is 3. The van der Waals surface area contributed by atoms with Gasteiger partial charge in [-0.15, -0.1) is 0 Å². The first-order chi connectivity index (χ1) is 16.2. The van der Waals surface area contributed by atoms with E-state index in [1.807, 2.05) is 0 Å². The zero-order valence-corrected chi connectivity index (χ0v) is 19.0. The summed E-state index contributed by atoms with van der Waals surface area (Å²) in [5.74, 6) is -1.95. The number of amides is 3. The van der Waals surface area contributed by atoms with Crippen molar-refractivity contribution in [2.45, 2.75) is 13.5 Å². The number of nitrogens with one attached hydrogen (secondary N) is 1. The highest BCUT2D eigenvalue weighted by Crippen LogP contribution is 2.38. The second-order valence-electron chi connectivity index (χ2n) is 7.01. The van der Waals surface area contributed by atoms with Crippen LogP contribution in [0.25, 0.3) is 6.08 Å². The molecule has 1 heterocycles. The molecule has 0 bridgehead atoms. The predicted octanol–water partition coefficient (Wildman–Crippen LogP) is 3.08. The number of methoxy groups -OCH3 is 1. The standard InChI is InChI=1S/C23H21ClN2O8/c1-3-33-18-10-14(9-17-21(28)26(23(31)25-17)11-19(27)32-2)8-16(24)20(18)34-12-13-5-4-6-15(7-13)22(29)30/h4-10H,3,11-12H2,1-2H3,(H,25,31)(H,29,30)/b17-9+. The Morgan fingerprint density at radius 3 is 2.62 bits per heavy atom. The number of carboxylic acids is 1. The highest BCUT2D eigenvalue weighted by Gasteiger charge is 2.35. The van der Waals surface area contributed by atoms with Gasteiger partial charge < -0.3 is 24.6 Å². The average Bonchev–Trinajstić information content (AvgIpc) is 3.06.